The lowest BCUT2D eigenvalue weighted by Crippen LogP contribution is -2.18. The smallest absolute Gasteiger partial charge is 0.135 e. The Morgan fingerprint density at radius 2 is 1.15 bits per heavy atom. The van der Waals surface area contributed by atoms with Gasteiger partial charge in [0.25, 0.3) is 0 Å². The van der Waals surface area contributed by atoms with E-state index in [1.54, 1.807) is 0 Å². The van der Waals surface area contributed by atoms with E-state index in [0.29, 0.717) is 19.8 Å². The Labute approximate surface area is 192 Å². The van der Waals surface area contributed by atoms with Crippen molar-refractivity contribution in [3.05, 3.63) is 72.8 Å². The largest absolute Gasteiger partial charge is 0.489 e. The molecule has 0 bridgehead atoms. The van der Waals surface area contributed by atoms with Crippen LogP contribution in [0.25, 0.3) is 21.5 Å². The zero-order chi connectivity index (χ0) is 22.5. The fourth-order valence-electron chi connectivity index (χ4n) is 3.94. The van der Waals surface area contributed by atoms with Gasteiger partial charge in [0.15, 0.2) is 0 Å². The van der Waals surface area contributed by atoms with Crippen molar-refractivity contribution in [3.63, 3.8) is 0 Å². The Balaban J connectivity index is 1.49. The molecule has 0 spiro atoms. The summed E-state index contributed by atoms with van der Waals surface area (Å²) in [7, 11) is 0. The quantitative estimate of drug-likeness (QED) is 0.243. The van der Waals surface area contributed by atoms with Crippen LogP contribution in [0.1, 0.15) is 13.8 Å². The first-order valence-corrected chi connectivity index (χ1v) is 11.3. The SMILES string of the molecule is CC1(COc2c3ccccc3c(OCC3(C)CO3)c3cc(Oc4ccccc4)ccc23)CO1. The first-order valence-electron chi connectivity index (χ1n) is 11.3. The van der Waals surface area contributed by atoms with Gasteiger partial charge in [-0.1, -0.05) is 42.5 Å². The molecule has 0 aliphatic carbocycles. The van der Waals surface area contributed by atoms with Crippen molar-refractivity contribution in [1.29, 1.82) is 0 Å². The molecule has 0 saturated carbocycles. The van der Waals surface area contributed by atoms with Gasteiger partial charge in [-0.2, -0.15) is 0 Å². The second-order valence-electron chi connectivity index (χ2n) is 9.38. The Morgan fingerprint density at radius 1 is 0.636 bits per heavy atom. The van der Waals surface area contributed by atoms with Crippen molar-refractivity contribution in [2.45, 2.75) is 25.0 Å². The van der Waals surface area contributed by atoms with E-state index in [1.807, 2.05) is 60.7 Å². The van der Waals surface area contributed by atoms with E-state index in [1.165, 1.54) is 0 Å². The van der Waals surface area contributed by atoms with E-state index in [4.69, 9.17) is 23.7 Å². The average Bonchev–Trinajstić information content (AvgIpc) is 3.75. The summed E-state index contributed by atoms with van der Waals surface area (Å²) < 4.78 is 30.0. The lowest BCUT2D eigenvalue weighted by molar-refractivity contribution is 0.203. The zero-order valence-corrected chi connectivity index (χ0v) is 18.8. The molecule has 2 unspecified atom stereocenters. The van der Waals surface area contributed by atoms with Gasteiger partial charge >= 0.3 is 0 Å². The molecule has 0 aromatic heterocycles. The zero-order valence-electron chi connectivity index (χ0n) is 18.8. The van der Waals surface area contributed by atoms with Gasteiger partial charge in [0.2, 0.25) is 0 Å². The topological polar surface area (TPSA) is 52.8 Å². The van der Waals surface area contributed by atoms with Crippen molar-refractivity contribution >= 4 is 21.5 Å². The van der Waals surface area contributed by atoms with Crippen LogP contribution in [0.2, 0.25) is 0 Å². The van der Waals surface area contributed by atoms with E-state index in [0.717, 1.165) is 51.1 Å². The Morgan fingerprint density at radius 3 is 1.73 bits per heavy atom. The second-order valence-corrected chi connectivity index (χ2v) is 9.38. The van der Waals surface area contributed by atoms with Crippen LogP contribution in [0.3, 0.4) is 0 Å². The Kier molecular flexibility index (Phi) is 4.71. The maximum atomic E-state index is 6.42. The normalized spacial score (nSPS) is 23.5. The Bertz CT molecular complexity index is 1320. The van der Waals surface area contributed by atoms with Gasteiger partial charge in [0, 0.05) is 21.5 Å². The number of para-hydroxylation sites is 1. The summed E-state index contributed by atoms with van der Waals surface area (Å²) in [4.78, 5) is 0. The summed E-state index contributed by atoms with van der Waals surface area (Å²) >= 11 is 0. The van der Waals surface area contributed by atoms with Gasteiger partial charge < -0.3 is 23.7 Å². The first-order chi connectivity index (χ1) is 16.0. The van der Waals surface area contributed by atoms with Crippen molar-refractivity contribution in [2.75, 3.05) is 26.4 Å². The number of hydrogen-bond donors (Lipinski definition) is 0. The highest BCUT2D eigenvalue weighted by atomic mass is 16.6. The lowest BCUT2D eigenvalue weighted by atomic mass is 10.00. The summed E-state index contributed by atoms with van der Waals surface area (Å²) in [6.07, 6.45) is 0. The molecular formula is C28H26O5. The third kappa shape index (κ3) is 4.10. The second kappa shape index (κ2) is 7.65. The number of rotatable bonds is 8. The van der Waals surface area contributed by atoms with Gasteiger partial charge in [-0.3, -0.25) is 0 Å². The van der Waals surface area contributed by atoms with Crippen LogP contribution in [-0.2, 0) is 9.47 Å². The van der Waals surface area contributed by atoms with Gasteiger partial charge in [-0.15, -0.1) is 0 Å². The maximum absolute atomic E-state index is 6.42. The molecule has 33 heavy (non-hydrogen) atoms. The van der Waals surface area contributed by atoms with Crippen molar-refractivity contribution in [2.24, 2.45) is 0 Å². The molecule has 2 fully saturated rings. The molecule has 0 N–H and O–H groups in total. The minimum Gasteiger partial charge on any atom is -0.489 e. The summed E-state index contributed by atoms with van der Waals surface area (Å²) in [5, 5.41) is 3.95. The molecule has 2 heterocycles. The number of fused-ring (bicyclic) bond motifs is 2. The molecule has 2 saturated heterocycles. The highest BCUT2D eigenvalue weighted by Gasteiger charge is 2.41. The molecule has 5 heteroatoms. The summed E-state index contributed by atoms with van der Waals surface area (Å²) in [6.45, 7) is 6.55. The minimum atomic E-state index is -0.224. The number of ether oxygens (including phenoxy) is 5. The summed E-state index contributed by atoms with van der Waals surface area (Å²) in [5.74, 6) is 3.18. The van der Waals surface area contributed by atoms with E-state index in [2.05, 4.69) is 26.0 Å². The van der Waals surface area contributed by atoms with E-state index in [9.17, 15) is 0 Å². The molecule has 2 aliphatic heterocycles. The van der Waals surface area contributed by atoms with Crippen molar-refractivity contribution in [1.82, 2.24) is 0 Å². The molecule has 2 aliphatic rings. The molecule has 2 atom stereocenters. The minimum absolute atomic E-state index is 0.211. The molecule has 0 radical (unpaired) electrons. The lowest BCUT2D eigenvalue weighted by Gasteiger charge is -2.20. The number of hydrogen-bond acceptors (Lipinski definition) is 5. The van der Waals surface area contributed by atoms with E-state index < -0.39 is 0 Å². The molecular weight excluding hydrogens is 416 g/mol. The predicted molar refractivity (Wildman–Crippen MR) is 128 cm³/mol. The fraction of sp³-hybridized carbons (Fsp3) is 0.286. The highest BCUT2D eigenvalue weighted by Crippen LogP contribution is 2.45. The van der Waals surface area contributed by atoms with Crippen molar-refractivity contribution < 1.29 is 23.7 Å². The molecule has 5 nitrogen and oxygen atoms in total. The highest BCUT2D eigenvalue weighted by molar-refractivity contribution is 6.11. The molecule has 4 aromatic carbocycles. The van der Waals surface area contributed by atoms with E-state index >= 15 is 0 Å². The molecule has 0 amide bonds. The van der Waals surface area contributed by atoms with Gasteiger partial charge in [0.1, 0.15) is 47.4 Å². The third-order valence-electron chi connectivity index (χ3n) is 6.19. The maximum Gasteiger partial charge on any atom is 0.135 e. The fourth-order valence-corrected chi connectivity index (χ4v) is 3.94. The monoisotopic (exact) mass is 442 g/mol. The van der Waals surface area contributed by atoms with Crippen LogP contribution in [-0.4, -0.2) is 37.6 Å². The van der Waals surface area contributed by atoms with Gasteiger partial charge in [-0.25, -0.2) is 0 Å². The van der Waals surface area contributed by atoms with Gasteiger partial charge in [-0.05, 0) is 44.2 Å². The molecule has 168 valence electrons. The number of benzene rings is 4. The third-order valence-corrected chi connectivity index (χ3v) is 6.19. The van der Waals surface area contributed by atoms with Crippen LogP contribution >= 0.6 is 0 Å². The summed E-state index contributed by atoms with van der Waals surface area (Å²) in [5.41, 5.74) is -0.435. The number of epoxide rings is 2. The van der Waals surface area contributed by atoms with Crippen LogP contribution in [0, 0.1) is 0 Å². The van der Waals surface area contributed by atoms with E-state index in [-0.39, 0.29) is 11.2 Å². The van der Waals surface area contributed by atoms with Crippen LogP contribution in [0.15, 0.2) is 72.8 Å². The standard InChI is InChI=1S/C28H26O5/c1-27(17-31-27)15-29-25-21-10-6-7-11-22(21)26(30-16-28(2)18-32-28)24-14-20(12-13-23(24)25)33-19-8-4-3-5-9-19/h3-14H,15-18H2,1-2H3. The van der Waals surface area contributed by atoms with Crippen molar-refractivity contribution in [3.8, 4) is 23.0 Å². The van der Waals surface area contributed by atoms with Gasteiger partial charge in [0.05, 0.1) is 13.2 Å². The molecule has 4 aromatic rings. The average molecular weight is 443 g/mol. The Hall–Kier alpha value is -3.28. The van der Waals surface area contributed by atoms with Crippen LogP contribution < -0.4 is 14.2 Å². The van der Waals surface area contributed by atoms with Crippen LogP contribution in [0.5, 0.6) is 23.0 Å². The predicted octanol–water partition coefficient (Wildman–Crippen LogP) is 6.12. The first kappa shape index (κ1) is 20.3. The van der Waals surface area contributed by atoms with Crippen LogP contribution in [0.4, 0.5) is 0 Å². The molecule has 6 rings (SSSR count). The summed E-state index contributed by atoms with van der Waals surface area (Å²) in [6, 6.07) is 24.0.